The first kappa shape index (κ1) is 33.7. The maximum Gasteiger partial charge on any atom is 0.416 e. The normalized spacial score (nSPS) is 18.4. The lowest BCUT2D eigenvalue weighted by molar-refractivity contribution is -0.147. The Labute approximate surface area is 265 Å². The Hall–Kier alpha value is -3.70. The molecule has 2 aromatic carbocycles. The first-order chi connectivity index (χ1) is 21.7. The lowest BCUT2D eigenvalue weighted by Gasteiger charge is -2.35. The number of nitrogens with zero attached hydrogens (tertiary/aromatic N) is 4. The van der Waals surface area contributed by atoms with E-state index in [1.54, 1.807) is 28.9 Å². The van der Waals surface area contributed by atoms with Crippen LogP contribution in [0.3, 0.4) is 0 Å². The Kier molecular flexibility index (Phi) is 9.93. The van der Waals surface area contributed by atoms with Crippen molar-refractivity contribution in [3.8, 4) is 0 Å². The summed E-state index contributed by atoms with van der Waals surface area (Å²) in [4.78, 5) is 16.1. The molecule has 0 atom stereocenters. The molecule has 0 amide bonds. The number of fused-ring (bicyclic) bond motifs is 1. The van der Waals surface area contributed by atoms with E-state index in [4.69, 9.17) is 4.74 Å². The molecule has 5 rings (SSSR count). The van der Waals surface area contributed by atoms with Gasteiger partial charge in [0.1, 0.15) is 0 Å². The van der Waals surface area contributed by atoms with E-state index in [1.165, 1.54) is 18.2 Å². The third kappa shape index (κ3) is 7.81. The van der Waals surface area contributed by atoms with E-state index in [1.807, 2.05) is 0 Å². The van der Waals surface area contributed by atoms with Crippen molar-refractivity contribution in [1.29, 1.82) is 0 Å². The fourth-order valence-corrected chi connectivity index (χ4v) is 6.87. The highest BCUT2D eigenvalue weighted by molar-refractivity contribution is 5.72. The fraction of sp³-hybridized carbons (Fsp3) is 0.529. The second-order valence-electron chi connectivity index (χ2n) is 12.5. The van der Waals surface area contributed by atoms with Gasteiger partial charge in [-0.3, -0.25) is 9.48 Å². The van der Waals surface area contributed by atoms with Crippen molar-refractivity contribution in [2.45, 2.75) is 77.3 Å². The molecule has 1 saturated carbocycles. The van der Waals surface area contributed by atoms with Gasteiger partial charge in [-0.05, 0) is 104 Å². The highest BCUT2D eigenvalue weighted by Gasteiger charge is 2.37. The van der Waals surface area contributed by atoms with Crippen molar-refractivity contribution in [1.82, 2.24) is 9.78 Å². The second kappa shape index (κ2) is 13.6. The molecule has 1 heterocycles. The van der Waals surface area contributed by atoms with Crippen LogP contribution in [0.2, 0.25) is 0 Å². The standard InChI is InChI=1S/C34H40F6N4O2/c1-4-43(19-22-8-10-24(11-9-22)32(45)46-3)30-17-26-7-5-6-25(26)16-27(30)21-44(31-12-13-42(2)41-31)20-23-14-28(33(35,36)37)18-29(15-23)34(38,39)40/h12-18,22,24H,4-11,19-21H2,1-3H3/t22-,24-. The molecule has 0 spiro atoms. The predicted molar refractivity (Wildman–Crippen MR) is 163 cm³/mol. The van der Waals surface area contributed by atoms with Crippen LogP contribution < -0.4 is 9.80 Å². The number of esters is 1. The smallest absolute Gasteiger partial charge is 0.416 e. The van der Waals surface area contributed by atoms with Gasteiger partial charge in [0.05, 0.1) is 24.2 Å². The number of alkyl halides is 6. The predicted octanol–water partition coefficient (Wildman–Crippen LogP) is 7.96. The molecule has 1 aromatic heterocycles. The van der Waals surface area contributed by atoms with E-state index < -0.39 is 23.5 Å². The first-order valence-corrected chi connectivity index (χ1v) is 15.8. The number of methoxy groups -OCH3 is 1. The molecule has 2 aliphatic rings. The zero-order chi connectivity index (χ0) is 33.2. The van der Waals surface area contributed by atoms with Crippen LogP contribution in [0.15, 0.2) is 42.6 Å². The molecule has 12 heteroatoms. The second-order valence-corrected chi connectivity index (χ2v) is 12.5. The van der Waals surface area contributed by atoms with Crippen LogP contribution >= 0.6 is 0 Å². The first-order valence-electron chi connectivity index (χ1n) is 15.8. The van der Waals surface area contributed by atoms with Gasteiger partial charge in [-0.1, -0.05) is 6.07 Å². The monoisotopic (exact) mass is 650 g/mol. The molecule has 1 fully saturated rings. The minimum absolute atomic E-state index is 0.0764. The van der Waals surface area contributed by atoms with Gasteiger partial charge in [-0.15, -0.1) is 0 Å². The van der Waals surface area contributed by atoms with Gasteiger partial charge in [0, 0.05) is 51.2 Å². The molecule has 0 saturated heterocycles. The summed E-state index contributed by atoms with van der Waals surface area (Å²) in [6.07, 6.45) is -1.93. The zero-order valence-corrected chi connectivity index (χ0v) is 26.3. The average Bonchev–Trinajstić information content (AvgIpc) is 3.66. The molecular formula is C34H40F6N4O2. The van der Waals surface area contributed by atoms with Crippen molar-refractivity contribution in [2.75, 3.05) is 30.0 Å². The van der Waals surface area contributed by atoms with Crippen LogP contribution in [0.1, 0.15) is 72.4 Å². The van der Waals surface area contributed by atoms with Crippen LogP contribution in [-0.2, 0) is 54.9 Å². The van der Waals surface area contributed by atoms with E-state index >= 15 is 0 Å². The molecule has 250 valence electrons. The molecule has 2 aliphatic carbocycles. The van der Waals surface area contributed by atoms with Crippen LogP contribution in [0.4, 0.5) is 37.8 Å². The van der Waals surface area contributed by atoms with E-state index in [9.17, 15) is 31.1 Å². The van der Waals surface area contributed by atoms with Gasteiger partial charge in [-0.25, -0.2) is 0 Å². The number of rotatable bonds is 10. The van der Waals surface area contributed by atoms with E-state index in [0.717, 1.165) is 81.4 Å². The molecule has 0 N–H and O–H groups in total. The van der Waals surface area contributed by atoms with E-state index in [-0.39, 0.29) is 36.6 Å². The number of aromatic nitrogens is 2. The quantitative estimate of drug-likeness (QED) is 0.165. The Bertz CT molecular complexity index is 1490. The minimum Gasteiger partial charge on any atom is -0.469 e. The Balaban J connectivity index is 1.48. The lowest BCUT2D eigenvalue weighted by Crippen LogP contribution is -2.34. The number of aryl methyl sites for hydroxylation is 3. The van der Waals surface area contributed by atoms with Gasteiger partial charge < -0.3 is 14.5 Å². The Morgan fingerprint density at radius 3 is 2.09 bits per heavy atom. The molecule has 0 aliphatic heterocycles. The van der Waals surface area contributed by atoms with Crippen LogP contribution in [0, 0.1) is 11.8 Å². The summed E-state index contributed by atoms with van der Waals surface area (Å²) in [5.41, 5.74) is 1.66. The van der Waals surface area contributed by atoms with Crippen molar-refractivity contribution < 1.29 is 35.9 Å². The van der Waals surface area contributed by atoms with Crippen LogP contribution in [0.25, 0.3) is 0 Å². The summed E-state index contributed by atoms with van der Waals surface area (Å²) in [5.74, 6) is 0.584. The fourth-order valence-electron chi connectivity index (χ4n) is 6.87. The number of carbonyl (C=O) groups is 1. The number of anilines is 2. The number of benzene rings is 2. The van der Waals surface area contributed by atoms with Crippen molar-refractivity contribution in [3.63, 3.8) is 0 Å². The highest BCUT2D eigenvalue weighted by Crippen LogP contribution is 2.38. The molecule has 3 aromatic rings. The largest absolute Gasteiger partial charge is 0.469 e. The van der Waals surface area contributed by atoms with Crippen molar-refractivity contribution >= 4 is 17.5 Å². The van der Waals surface area contributed by atoms with Gasteiger partial charge in [0.15, 0.2) is 5.82 Å². The van der Waals surface area contributed by atoms with Gasteiger partial charge in [0.25, 0.3) is 0 Å². The number of hydrogen-bond donors (Lipinski definition) is 0. The van der Waals surface area contributed by atoms with Crippen molar-refractivity contribution in [2.24, 2.45) is 18.9 Å². The number of ether oxygens (including phenoxy) is 1. The van der Waals surface area contributed by atoms with Gasteiger partial charge in [0.2, 0.25) is 0 Å². The number of halogens is 6. The highest BCUT2D eigenvalue weighted by atomic mass is 19.4. The summed E-state index contributed by atoms with van der Waals surface area (Å²) < 4.78 is 88.7. The summed E-state index contributed by atoms with van der Waals surface area (Å²) >= 11 is 0. The minimum atomic E-state index is -4.93. The molecular weight excluding hydrogens is 610 g/mol. The third-order valence-electron chi connectivity index (χ3n) is 9.28. The topological polar surface area (TPSA) is 50.6 Å². The molecule has 0 bridgehead atoms. The van der Waals surface area contributed by atoms with E-state index in [2.05, 4.69) is 29.1 Å². The van der Waals surface area contributed by atoms with Crippen LogP contribution in [0.5, 0.6) is 0 Å². The molecule has 0 unspecified atom stereocenters. The maximum absolute atomic E-state index is 13.7. The zero-order valence-electron chi connectivity index (χ0n) is 26.3. The van der Waals surface area contributed by atoms with Crippen molar-refractivity contribution in [3.05, 3.63) is 76.0 Å². The maximum atomic E-state index is 13.7. The summed E-state index contributed by atoms with van der Waals surface area (Å²) in [7, 11) is 3.13. The van der Waals surface area contributed by atoms with Gasteiger partial charge >= 0.3 is 18.3 Å². The molecule has 0 radical (unpaired) electrons. The summed E-state index contributed by atoms with van der Waals surface area (Å²) in [6.45, 7) is 3.61. The summed E-state index contributed by atoms with van der Waals surface area (Å²) in [6, 6.07) is 7.81. The third-order valence-corrected chi connectivity index (χ3v) is 9.28. The summed E-state index contributed by atoms with van der Waals surface area (Å²) in [5, 5.41) is 4.48. The van der Waals surface area contributed by atoms with E-state index in [0.29, 0.717) is 11.7 Å². The Morgan fingerprint density at radius 2 is 1.54 bits per heavy atom. The molecule has 46 heavy (non-hydrogen) atoms. The lowest BCUT2D eigenvalue weighted by atomic mass is 9.81. The Morgan fingerprint density at radius 1 is 0.913 bits per heavy atom. The average molecular weight is 651 g/mol. The number of hydrogen-bond acceptors (Lipinski definition) is 5. The number of carbonyl (C=O) groups excluding carboxylic acids is 1. The van der Waals surface area contributed by atoms with Crippen LogP contribution in [-0.4, -0.2) is 35.9 Å². The SMILES string of the molecule is CCN(C[C@H]1CC[C@H](C(=O)OC)CC1)c1cc2c(cc1CN(Cc1cc(C(F)(F)F)cc(C(F)(F)F)c1)c1ccn(C)n1)CCC2. The van der Waals surface area contributed by atoms with Gasteiger partial charge in [-0.2, -0.15) is 31.4 Å². The molecule has 6 nitrogen and oxygen atoms in total.